The average Bonchev–Trinajstić information content (AvgIpc) is 2.75. The summed E-state index contributed by atoms with van der Waals surface area (Å²) in [5.41, 5.74) is 2.14. The molecule has 1 aliphatic rings. The number of para-hydroxylation sites is 2. The molecule has 29 heavy (non-hydrogen) atoms. The SMILES string of the molecule is COc1ccccc1NC(=O)C(C)OC(=O)c1ccc(CN2CCCCC2)cc1. The number of piperidine rings is 1. The van der Waals surface area contributed by atoms with Gasteiger partial charge in [-0.1, -0.05) is 30.7 Å². The van der Waals surface area contributed by atoms with Crippen LogP contribution >= 0.6 is 0 Å². The van der Waals surface area contributed by atoms with Crippen LogP contribution in [0.3, 0.4) is 0 Å². The molecule has 6 heteroatoms. The van der Waals surface area contributed by atoms with Crippen molar-refractivity contribution in [1.82, 2.24) is 4.90 Å². The van der Waals surface area contributed by atoms with Gasteiger partial charge in [-0.25, -0.2) is 4.79 Å². The van der Waals surface area contributed by atoms with E-state index < -0.39 is 18.0 Å². The van der Waals surface area contributed by atoms with E-state index in [1.54, 1.807) is 37.3 Å². The maximum Gasteiger partial charge on any atom is 0.338 e. The van der Waals surface area contributed by atoms with E-state index in [1.165, 1.54) is 31.9 Å². The van der Waals surface area contributed by atoms with Crippen molar-refractivity contribution in [3.05, 3.63) is 59.7 Å². The minimum Gasteiger partial charge on any atom is -0.495 e. The lowest BCUT2D eigenvalue weighted by atomic mass is 10.1. The Morgan fingerprint density at radius 2 is 1.72 bits per heavy atom. The van der Waals surface area contributed by atoms with Gasteiger partial charge in [-0.3, -0.25) is 9.69 Å². The molecular formula is C23H28N2O4. The Balaban J connectivity index is 1.54. The third-order valence-electron chi connectivity index (χ3n) is 5.06. The molecule has 0 bridgehead atoms. The van der Waals surface area contributed by atoms with Gasteiger partial charge in [0.2, 0.25) is 0 Å². The van der Waals surface area contributed by atoms with Gasteiger partial charge in [0.25, 0.3) is 5.91 Å². The number of carbonyl (C=O) groups is 2. The predicted molar refractivity (Wildman–Crippen MR) is 112 cm³/mol. The van der Waals surface area contributed by atoms with Crippen molar-refractivity contribution < 1.29 is 19.1 Å². The molecule has 2 aromatic rings. The second-order valence-corrected chi connectivity index (χ2v) is 7.27. The van der Waals surface area contributed by atoms with Gasteiger partial charge in [0.1, 0.15) is 5.75 Å². The van der Waals surface area contributed by atoms with E-state index in [2.05, 4.69) is 10.2 Å². The fourth-order valence-corrected chi connectivity index (χ4v) is 3.39. The Morgan fingerprint density at radius 1 is 1.03 bits per heavy atom. The number of esters is 1. The highest BCUT2D eigenvalue weighted by atomic mass is 16.5. The molecule has 1 N–H and O–H groups in total. The maximum absolute atomic E-state index is 12.4. The third kappa shape index (κ3) is 5.81. The van der Waals surface area contributed by atoms with E-state index >= 15 is 0 Å². The van der Waals surface area contributed by atoms with E-state index in [9.17, 15) is 9.59 Å². The first-order chi connectivity index (χ1) is 14.1. The van der Waals surface area contributed by atoms with Crippen LogP contribution in [0.15, 0.2) is 48.5 Å². The van der Waals surface area contributed by atoms with Crippen molar-refractivity contribution in [2.45, 2.75) is 38.8 Å². The maximum atomic E-state index is 12.4. The second kappa shape index (κ2) is 10.1. The van der Waals surface area contributed by atoms with Crippen LogP contribution in [0.4, 0.5) is 5.69 Å². The van der Waals surface area contributed by atoms with Crippen molar-refractivity contribution in [2.75, 3.05) is 25.5 Å². The zero-order valence-electron chi connectivity index (χ0n) is 17.0. The van der Waals surface area contributed by atoms with Gasteiger partial charge in [0.15, 0.2) is 6.10 Å². The van der Waals surface area contributed by atoms with E-state index in [0.29, 0.717) is 17.0 Å². The molecular weight excluding hydrogens is 368 g/mol. The summed E-state index contributed by atoms with van der Waals surface area (Å²) in [5.74, 6) is -0.384. The van der Waals surface area contributed by atoms with Crippen molar-refractivity contribution in [2.24, 2.45) is 0 Å². The highest BCUT2D eigenvalue weighted by Crippen LogP contribution is 2.23. The molecule has 0 radical (unpaired) electrons. The normalized spacial score (nSPS) is 15.4. The lowest BCUT2D eigenvalue weighted by Crippen LogP contribution is -2.30. The molecule has 0 spiro atoms. The quantitative estimate of drug-likeness (QED) is 0.720. The van der Waals surface area contributed by atoms with Gasteiger partial charge >= 0.3 is 5.97 Å². The molecule has 1 saturated heterocycles. The molecule has 1 heterocycles. The van der Waals surface area contributed by atoms with Gasteiger partial charge < -0.3 is 14.8 Å². The van der Waals surface area contributed by atoms with Crippen LogP contribution in [0, 0.1) is 0 Å². The van der Waals surface area contributed by atoms with E-state index in [0.717, 1.165) is 19.6 Å². The van der Waals surface area contributed by atoms with Crippen molar-refractivity contribution >= 4 is 17.6 Å². The van der Waals surface area contributed by atoms with Crippen LogP contribution in [-0.2, 0) is 16.1 Å². The van der Waals surface area contributed by atoms with Crippen LogP contribution < -0.4 is 10.1 Å². The zero-order chi connectivity index (χ0) is 20.6. The lowest BCUT2D eigenvalue weighted by Gasteiger charge is -2.26. The van der Waals surface area contributed by atoms with E-state index in [-0.39, 0.29) is 0 Å². The monoisotopic (exact) mass is 396 g/mol. The smallest absolute Gasteiger partial charge is 0.338 e. The van der Waals surface area contributed by atoms with Gasteiger partial charge in [-0.15, -0.1) is 0 Å². The molecule has 0 aromatic heterocycles. The largest absolute Gasteiger partial charge is 0.495 e. The van der Waals surface area contributed by atoms with Crippen molar-refractivity contribution in [3.8, 4) is 5.75 Å². The number of hydrogen-bond donors (Lipinski definition) is 1. The minimum atomic E-state index is -0.930. The van der Waals surface area contributed by atoms with Gasteiger partial charge in [0.05, 0.1) is 18.4 Å². The second-order valence-electron chi connectivity index (χ2n) is 7.27. The van der Waals surface area contributed by atoms with Crippen LogP contribution in [0.25, 0.3) is 0 Å². The number of amides is 1. The molecule has 0 aliphatic carbocycles. The molecule has 1 unspecified atom stereocenters. The summed E-state index contributed by atoms with van der Waals surface area (Å²) in [4.78, 5) is 27.2. The van der Waals surface area contributed by atoms with Gasteiger partial charge in [-0.05, 0) is 62.7 Å². The molecule has 1 aliphatic heterocycles. The third-order valence-corrected chi connectivity index (χ3v) is 5.06. The number of hydrogen-bond acceptors (Lipinski definition) is 5. The molecule has 1 fully saturated rings. The molecule has 1 amide bonds. The first-order valence-corrected chi connectivity index (χ1v) is 10.0. The molecule has 0 saturated carbocycles. The summed E-state index contributed by atoms with van der Waals surface area (Å²) >= 11 is 0. The molecule has 154 valence electrons. The summed E-state index contributed by atoms with van der Waals surface area (Å²) in [6, 6.07) is 14.5. The first-order valence-electron chi connectivity index (χ1n) is 10.0. The minimum absolute atomic E-state index is 0.412. The Labute approximate surface area is 171 Å². The Morgan fingerprint density at radius 3 is 2.41 bits per heavy atom. The Bertz CT molecular complexity index is 829. The number of rotatable bonds is 7. The number of benzene rings is 2. The van der Waals surface area contributed by atoms with Gasteiger partial charge in [0, 0.05) is 6.54 Å². The summed E-state index contributed by atoms with van der Waals surface area (Å²) in [6.07, 6.45) is 2.88. The predicted octanol–water partition coefficient (Wildman–Crippen LogP) is 3.87. The van der Waals surface area contributed by atoms with Crippen LogP contribution in [0.5, 0.6) is 5.75 Å². The number of nitrogens with zero attached hydrogens (tertiary/aromatic N) is 1. The zero-order valence-corrected chi connectivity index (χ0v) is 17.0. The van der Waals surface area contributed by atoms with Crippen molar-refractivity contribution in [1.29, 1.82) is 0 Å². The number of methoxy groups -OCH3 is 1. The summed E-state index contributed by atoms with van der Waals surface area (Å²) in [7, 11) is 1.53. The highest BCUT2D eigenvalue weighted by Gasteiger charge is 2.20. The average molecular weight is 396 g/mol. The topological polar surface area (TPSA) is 67.9 Å². The van der Waals surface area contributed by atoms with Crippen molar-refractivity contribution in [3.63, 3.8) is 0 Å². The number of anilines is 1. The summed E-state index contributed by atoms with van der Waals surface area (Å²) < 4.78 is 10.5. The number of carbonyl (C=O) groups excluding carboxylic acids is 2. The lowest BCUT2D eigenvalue weighted by molar-refractivity contribution is -0.123. The number of nitrogens with one attached hydrogen (secondary N) is 1. The fraction of sp³-hybridized carbons (Fsp3) is 0.391. The highest BCUT2D eigenvalue weighted by molar-refractivity contribution is 5.98. The molecule has 1 atom stereocenters. The number of likely N-dealkylation sites (tertiary alicyclic amines) is 1. The number of ether oxygens (including phenoxy) is 2. The van der Waals surface area contributed by atoms with Crippen LogP contribution in [-0.4, -0.2) is 43.1 Å². The summed E-state index contributed by atoms with van der Waals surface area (Å²) in [6.45, 7) is 4.70. The van der Waals surface area contributed by atoms with Crippen LogP contribution in [0.1, 0.15) is 42.1 Å². The summed E-state index contributed by atoms with van der Waals surface area (Å²) in [5, 5.41) is 2.73. The molecule has 6 nitrogen and oxygen atoms in total. The Kier molecular flexibility index (Phi) is 7.25. The van der Waals surface area contributed by atoms with Gasteiger partial charge in [-0.2, -0.15) is 0 Å². The Hall–Kier alpha value is -2.86. The van der Waals surface area contributed by atoms with E-state index in [1.807, 2.05) is 18.2 Å². The van der Waals surface area contributed by atoms with E-state index in [4.69, 9.17) is 9.47 Å². The standard InChI is InChI=1S/C23H28N2O4/c1-17(22(26)24-20-8-4-5-9-21(20)28-2)29-23(27)19-12-10-18(11-13-19)16-25-14-6-3-7-15-25/h4-5,8-13,17H,3,6-7,14-16H2,1-2H3,(H,24,26). The van der Waals surface area contributed by atoms with Crippen LogP contribution in [0.2, 0.25) is 0 Å². The first kappa shape index (κ1) is 20.9. The molecule has 2 aromatic carbocycles. The fourth-order valence-electron chi connectivity index (χ4n) is 3.39. The molecule has 3 rings (SSSR count).